The topological polar surface area (TPSA) is 22.1 Å². The Morgan fingerprint density at radius 3 is 2.65 bits per heavy atom. The van der Waals surface area contributed by atoms with Gasteiger partial charge >= 0.3 is 0 Å². The van der Waals surface area contributed by atoms with Gasteiger partial charge < -0.3 is 4.74 Å². The quantitative estimate of drug-likeness (QED) is 0.608. The van der Waals surface area contributed by atoms with Gasteiger partial charge in [-0.3, -0.25) is 4.98 Å². The average molecular weight is 298 g/mol. The second kappa shape index (κ2) is 5.67. The monoisotopic (exact) mass is 297 g/mol. The highest BCUT2D eigenvalue weighted by atomic mass is 79.9. The first-order valence-electron chi connectivity index (χ1n) is 5.66. The van der Waals surface area contributed by atoms with Crippen LogP contribution in [0.2, 0.25) is 0 Å². The molecule has 0 N–H and O–H groups in total. The minimum absolute atomic E-state index is 0.0258. The Morgan fingerprint density at radius 2 is 2.18 bits per heavy atom. The summed E-state index contributed by atoms with van der Waals surface area (Å²) in [4.78, 5) is 4.52. The molecule has 94 valence electrons. The molecule has 0 spiro atoms. The lowest BCUT2D eigenvalue weighted by molar-refractivity contribution is 0.404. The van der Waals surface area contributed by atoms with Gasteiger partial charge in [-0.25, -0.2) is 0 Å². The Labute approximate surface area is 112 Å². The van der Waals surface area contributed by atoms with Crippen molar-refractivity contribution in [2.24, 2.45) is 5.41 Å². The third-order valence-electron chi connectivity index (χ3n) is 3.12. The maximum absolute atomic E-state index is 5.42. The molecule has 0 aliphatic carbocycles. The van der Waals surface area contributed by atoms with Crippen LogP contribution in [-0.4, -0.2) is 17.4 Å². The highest BCUT2D eigenvalue weighted by Gasteiger charge is 2.22. The molecule has 0 aliphatic heterocycles. The van der Waals surface area contributed by atoms with E-state index in [0.717, 1.165) is 34.3 Å². The summed E-state index contributed by atoms with van der Waals surface area (Å²) >= 11 is 3.53. The first kappa shape index (κ1) is 14.2. The molecule has 0 bridgehead atoms. The molecule has 0 radical (unpaired) electrons. The van der Waals surface area contributed by atoms with Crippen molar-refractivity contribution in [3.05, 3.63) is 35.7 Å². The van der Waals surface area contributed by atoms with Crippen molar-refractivity contribution in [3.63, 3.8) is 0 Å². The van der Waals surface area contributed by atoms with Crippen molar-refractivity contribution >= 4 is 15.9 Å². The predicted molar refractivity (Wildman–Crippen MR) is 76.1 cm³/mol. The molecular formula is C14H20BrNO. The van der Waals surface area contributed by atoms with Crippen molar-refractivity contribution in [2.75, 3.05) is 12.4 Å². The molecular weight excluding hydrogens is 278 g/mol. The number of halogens is 1. The number of ether oxygens (including phenoxy) is 1. The van der Waals surface area contributed by atoms with Crippen molar-refractivity contribution in [1.82, 2.24) is 4.98 Å². The summed E-state index contributed by atoms with van der Waals surface area (Å²) in [5.74, 6) is 0.941. The SMILES string of the molecule is C=CC(C)(CBr)Cc1ncc(C)c(OC)c1C. The molecule has 1 aromatic rings. The standard InChI is InChI=1S/C14H20BrNO/c1-6-14(4,9-15)7-12-11(3)13(17-5)10(2)8-16-12/h6,8H,1,7,9H2,2-5H3. The summed E-state index contributed by atoms with van der Waals surface area (Å²) in [5, 5.41) is 0.876. The molecule has 1 atom stereocenters. The van der Waals surface area contributed by atoms with E-state index in [-0.39, 0.29) is 5.41 Å². The smallest absolute Gasteiger partial charge is 0.128 e. The number of allylic oxidation sites excluding steroid dienone is 1. The van der Waals surface area contributed by atoms with Crippen LogP contribution in [0.15, 0.2) is 18.9 Å². The van der Waals surface area contributed by atoms with Crippen LogP contribution >= 0.6 is 15.9 Å². The van der Waals surface area contributed by atoms with Crippen LogP contribution in [0.3, 0.4) is 0 Å². The third kappa shape index (κ3) is 3.09. The fourth-order valence-electron chi connectivity index (χ4n) is 1.81. The van der Waals surface area contributed by atoms with E-state index >= 15 is 0 Å². The lowest BCUT2D eigenvalue weighted by Gasteiger charge is -2.24. The van der Waals surface area contributed by atoms with Gasteiger partial charge in [0, 0.05) is 33.8 Å². The normalized spacial score (nSPS) is 14.2. The number of nitrogens with zero attached hydrogens (tertiary/aromatic N) is 1. The number of methoxy groups -OCH3 is 1. The van der Waals surface area contributed by atoms with E-state index in [0.29, 0.717) is 0 Å². The summed E-state index contributed by atoms with van der Waals surface area (Å²) in [6, 6.07) is 0. The molecule has 2 nitrogen and oxygen atoms in total. The fraction of sp³-hybridized carbons (Fsp3) is 0.500. The Morgan fingerprint density at radius 1 is 1.53 bits per heavy atom. The number of aryl methyl sites for hydroxylation is 1. The molecule has 17 heavy (non-hydrogen) atoms. The van der Waals surface area contributed by atoms with Gasteiger partial charge in [0.25, 0.3) is 0 Å². The zero-order chi connectivity index (χ0) is 13.1. The number of hydrogen-bond donors (Lipinski definition) is 0. The molecule has 0 amide bonds. The number of aromatic nitrogens is 1. The van der Waals surface area contributed by atoms with Gasteiger partial charge in [0.2, 0.25) is 0 Å². The molecule has 0 aliphatic rings. The second-order valence-corrected chi connectivity index (χ2v) is 5.28. The molecule has 1 heterocycles. The van der Waals surface area contributed by atoms with Crippen LogP contribution < -0.4 is 4.74 Å². The number of alkyl halides is 1. The van der Waals surface area contributed by atoms with E-state index in [1.165, 1.54) is 0 Å². The Bertz CT molecular complexity index is 417. The van der Waals surface area contributed by atoms with Crippen LogP contribution in [-0.2, 0) is 6.42 Å². The fourth-order valence-corrected chi connectivity index (χ4v) is 2.23. The molecule has 0 fully saturated rings. The van der Waals surface area contributed by atoms with Crippen molar-refractivity contribution in [2.45, 2.75) is 27.2 Å². The van der Waals surface area contributed by atoms with Crippen LogP contribution in [0.5, 0.6) is 5.75 Å². The molecule has 3 heteroatoms. The minimum atomic E-state index is 0.0258. The lowest BCUT2D eigenvalue weighted by Crippen LogP contribution is -2.20. The van der Waals surface area contributed by atoms with E-state index in [4.69, 9.17) is 4.74 Å². The first-order chi connectivity index (χ1) is 7.97. The summed E-state index contributed by atoms with van der Waals surface area (Å²) < 4.78 is 5.42. The molecule has 1 unspecified atom stereocenters. The highest BCUT2D eigenvalue weighted by molar-refractivity contribution is 9.09. The molecule has 0 saturated heterocycles. The van der Waals surface area contributed by atoms with Gasteiger partial charge in [-0.15, -0.1) is 6.58 Å². The van der Waals surface area contributed by atoms with Crippen molar-refractivity contribution in [1.29, 1.82) is 0 Å². The number of pyridine rings is 1. The summed E-state index contributed by atoms with van der Waals surface area (Å²) in [5.41, 5.74) is 3.31. The maximum atomic E-state index is 5.42. The first-order valence-corrected chi connectivity index (χ1v) is 6.78. The predicted octanol–water partition coefficient (Wildman–Crippen LogP) is 3.84. The van der Waals surface area contributed by atoms with Gasteiger partial charge in [0.15, 0.2) is 0 Å². The van der Waals surface area contributed by atoms with E-state index in [1.807, 2.05) is 19.2 Å². The summed E-state index contributed by atoms with van der Waals surface area (Å²) in [6.45, 7) is 10.1. The van der Waals surface area contributed by atoms with Gasteiger partial charge in [0.1, 0.15) is 5.75 Å². The zero-order valence-electron chi connectivity index (χ0n) is 11.0. The van der Waals surface area contributed by atoms with E-state index in [9.17, 15) is 0 Å². The van der Waals surface area contributed by atoms with Crippen LogP contribution in [0.25, 0.3) is 0 Å². The van der Waals surface area contributed by atoms with E-state index < -0.39 is 0 Å². The lowest BCUT2D eigenvalue weighted by atomic mass is 9.86. The van der Waals surface area contributed by atoms with Crippen molar-refractivity contribution < 1.29 is 4.74 Å². The Kier molecular flexibility index (Phi) is 4.75. The molecule has 1 aromatic heterocycles. The summed E-state index contributed by atoms with van der Waals surface area (Å²) in [7, 11) is 1.70. The van der Waals surface area contributed by atoms with E-state index in [1.54, 1.807) is 7.11 Å². The van der Waals surface area contributed by atoms with Gasteiger partial charge in [-0.1, -0.05) is 28.9 Å². The van der Waals surface area contributed by atoms with Crippen LogP contribution in [0, 0.1) is 19.3 Å². The largest absolute Gasteiger partial charge is 0.496 e. The number of hydrogen-bond acceptors (Lipinski definition) is 2. The molecule has 0 saturated carbocycles. The highest BCUT2D eigenvalue weighted by Crippen LogP contribution is 2.30. The third-order valence-corrected chi connectivity index (χ3v) is 4.40. The summed E-state index contributed by atoms with van der Waals surface area (Å²) in [6.07, 6.45) is 4.72. The van der Waals surface area contributed by atoms with Gasteiger partial charge in [0.05, 0.1) is 7.11 Å². The Hall–Kier alpha value is -0.830. The van der Waals surface area contributed by atoms with Crippen molar-refractivity contribution in [3.8, 4) is 5.75 Å². The zero-order valence-corrected chi connectivity index (χ0v) is 12.6. The average Bonchev–Trinajstić information content (AvgIpc) is 2.33. The molecule has 0 aromatic carbocycles. The number of rotatable bonds is 5. The van der Waals surface area contributed by atoms with Gasteiger partial charge in [-0.2, -0.15) is 0 Å². The van der Waals surface area contributed by atoms with Gasteiger partial charge in [-0.05, 0) is 20.3 Å². The van der Waals surface area contributed by atoms with Crippen LogP contribution in [0.4, 0.5) is 0 Å². The molecule has 1 rings (SSSR count). The minimum Gasteiger partial charge on any atom is -0.496 e. The van der Waals surface area contributed by atoms with Crippen LogP contribution in [0.1, 0.15) is 23.7 Å². The van der Waals surface area contributed by atoms with E-state index in [2.05, 4.69) is 41.3 Å². The Balaban J connectivity index is 3.12. The second-order valence-electron chi connectivity index (χ2n) is 4.71. The maximum Gasteiger partial charge on any atom is 0.128 e.